The molecule has 0 aliphatic heterocycles. The second kappa shape index (κ2) is 10.3. The second-order valence-electron chi connectivity index (χ2n) is 9.67. The lowest BCUT2D eigenvalue weighted by molar-refractivity contribution is 0.0698. The first kappa shape index (κ1) is 25.1. The Morgan fingerprint density at radius 3 is 2.62 bits per heavy atom. The molecule has 2 N–H and O–H groups in total. The Bertz CT molecular complexity index is 2060. The molecule has 0 radical (unpaired) electrons. The van der Waals surface area contributed by atoms with Crippen LogP contribution in [0.25, 0.3) is 50.1 Å². The van der Waals surface area contributed by atoms with Crippen LogP contribution in [0.2, 0.25) is 0 Å². The van der Waals surface area contributed by atoms with Crippen LogP contribution in [0.15, 0.2) is 91.1 Å². The third-order valence-electron chi connectivity index (χ3n) is 7.15. The molecule has 0 saturated heterocycles. The molecule has 0 aliphatic rings. The van der Waals surface area contributed by atoms with Gasteiger partial charge in [0.25, 0.3) is 6.01 Å². The number of carboxylic acid groups (broad SMARTS) is 1. The summed E-state index contributed by atoms with van der Waals surface area (Å²) in [5.74, 6) is -0.530. The average Bonchev–Trinajstić information content (AvgIpc) is 3.77. The van der Waals surface area contributed by atoms with E-state index in [9.17, 15) is 9.90 Å². The molecule has 7 aromatic rings. The van der Waals surface area contributed by atoms with E-state index in [1.807, 2.05) is 83.0 Å². The third kappa shape index (κ3) is 4.33. The maximum absolute atomic E-state index is 12.0. The standard InChI is InChI=1S/C31H24N8O3/c1-2-42-31-33-26-8-5-7-24(30(40)41)28(26)38(31)18-19-10-12-20(13-11-19)25-16-22(14-15-23(25)29-34-36-37-35-29)39-27-9-4-3-6-21(27)17-32-39/h3-17H,2,18H2,1H3,(H,40,41)(H,34,35,36,37). The fraction of sp³-hybridized carbons (Fsp3) is 0.0968. The quantitative estimate of drug-likeness (QED) is 0.255. The van der Waals surface area contributed by atoms with E-state index in [1.54, 1.807) is 18.2 Å². The highest BCUT2D eigenvalue weighted by Gasteiger charge is 2.19. The van der Waals surface area contributed by atoms with Crippen LogP contribution in [0.1, 0.15) is 22.8 Å². The molecule has 0 unspecified atom stereocenters. The van der Waals surface area contributed by atoms with Crippen molar-refractivity contribution in [1.29, 1.82) is 0 Å². The molecule has 7 rings (SSSR count). The minimum Gasteiger partial charge on any atom is -0.478 e. The van der Waals surface area contributed by atoms with Gasteiger partial charge in [0.15, 0.2) is 0 Å². The summed E-state index contributed by atoms with van der Waals surface area (Å²) in [5.41, 5.74) is 6.81. The van der Waals surface area contributed by atoms with Crippen LogP contribution in [-0.2, 0) is 6.54 Å². The highest BCUT2D eigenvalue weighted by atomic mass is 16.5. The van der Waals surface area contributed by atoms with E-state index in [1.165, 1.54) is 0 Å². The minimum absolute atomic E-state index is 0.176. The van der Waals surface area contributed by atoms with E-state index in [0.29, 0.717) is 36.0 Å². The SMILES string of the molecule is CCOc1nc2cccc(C(=O)O)c2n1Cc1ccc(-c2cc(-n3ncc4ccccc43)ccc2-c2nn[nH]n2)cc1. The van der Waals surface area contributed by atoms with Crippen molar-refractivity contribution in [1.82, 2.24) is 40.0 Å². The summed E-state index contributed by atoms with van der Waals surface area (Å²) in [6, 6.07) is 27.6. The number of para-hydroxylation sites is 2. The van der Waals surface area contributed by atoms with Gasteiger partial charge in [-0.1, -0.05) is 48.5 Å². The molecule has 11 nitrogen and oxygen atoms in total. The van der Waals surface area contributed by atoms with Gasteiger partial charge in [-0.3, -0.25) is 4.57 Å². The Hall–Kier alpha value is -5.84. The zero-order chi connectivity index (χ0) is 28.6. The Kier molecular flexibility index (Phi) is 6.16. The first-order valence-electron chi connectivity index (χ1n) is 13.4. The van der Waals surface area contributed by atoms with E-state index in [4.69, 9.17) is 4.74 Å². The summed E-state index contributed by atoms with van der Waals surface area (Å²) < 4.78 is 9.51. The van der Waals surface area contributed by atoms with Crippen LogP contribution in [0.4, 0.5) is 0 Å². The maximum Gasteiger partial charge on any atom is 0.337 e. The summed E-state index contributed by atoms with van der Waals surface area (Å²) >= 11 is 0. The number of carbonyl (C=O) groups is 1. The van der Waals surface area contributed by atoms with Crippen LogP contribution in [0.5, 0.6) is 6.01 Å². The van der Waals surface area contributed by atoms with Crippen molar-refractivity contribution < 1.29 is 14.6 Å². The van der Waals surface area contributed by atoms with Crippen molar-refractivity contribution >= 4 is 27.9 Å². The fourth-order valence-electron chi connectivity index (χ4n) is 5.25. The van der Waals surface area contributed by atoms with Gasteiger partial charge in [0.2, 0.25) is 5.82 Å². The van der Waals surface area contributed by atoms with Gasteiger partial charge in [-0.05, 0) is 65.2 Å². The van der Waals surface area contributed by atoms with Crippen molar-refractivity contribution in [3.8, 4) is 34.2 Å². The van der Waals surface area contributed by atoms with Gasteiger partial charge < -0.3 is 9.84 Å². The molecule has 0 fully saturated rings. The number of tetrazole rings is 1. The first-order chi connectivity index (χ1) is 20.6. The number of ether oxygens (including phenoxy) is 1. The number of aromatic amines is 1. The highest BCUT2D eigenvalue weighted by molar-refractivity contribution is 6.01. The van der Waals surface area contributed by atoms with Gasteiger partial charge in [-0.15, -0.1) is 10.2 Å². The minimum atomic E-state index is -1.01. The number of nitrogens with one attached hydrogen (secondary N) is 1. The Morgan fingerprint density at radius 2 is 1.83 bits per heavy atom. The summed E-state index contributed by atoms with van der Waals surface area (Å²) in [7, 11) is 0. The first-order valence-corrected chi connectivity index (χ1v) is 13.4. The molecule has 11 heteroatoms. The smallest absolute Gasteiger partial charge is 0.337 e. The fourth-order valence-corrected chi connectivity index (χ4v) is 5.25. The van der Waals surface area contributed by atoms with Crippen LogP contribution >= 0.6 is 0 Å². The van der Waals surface area contributed by atoms with E-state index in [-0.39, 0.29) is 5.56 Å². The number of aromatic carboxylic acids is 1. The third-order valence-corrected chi connectivity index (χ3v) is 7.15. The zero-order valence-electron chi connectivity index (χ0n) is 22.5. The van der Waals surface area contributed by atoms with Crippen LogP contribution < -0.4 is 4.74 Å². The van der Waals surface area contributed by atoms with Crippen molar-refractivity contribution in [3.05, 3.63) is 102 Å². The number of aromatic nitrogens is 8. The molecular weight excluding hydrogens is 532 g/mol. The monoisotopic (exact) mass is 556 g/mol. The Morgan fingerprint density at radius 1 is 0.976 bits per heavy atom. The lowest BCUT2D eigenvalue weighted by atomic mass is 9.97. The molecule has 4 aromatic carbocycles. The van der Waals surface area contributed by atoms with Gasteiger partial charge >= 0.3 is 5.97 Å². The number of hydrogen-bond acceptors (Lipinski definition) is 7. The summed E-state index contributed by atoms with van der Waals surface area (Å²) in [4.78, 5) is 16.5. The summed E-state index contributed by atoms with van der Waals surface area (Å²) in [5, 5.41) is 30.2. The normalized spacial score (nSPS) is 11.4. The molecule has 0 aliphatic carbocycles. The number of rotatable bonds is 8. The van der Waals surface area contributed by atoms with Crippen molar-refractivity contribution in [2.75, 3.05) is 6.61 Å². The Labute approximate surface area is 239 Å². The van der Waals surface area contributed by atoms with Gasteiger partial charge in [0.1, 0.15) is 0 Å². The maximum atomic E-state index is 12.0. The number of hydrogen-bond donors (Lipinski definition) is 2. The molecule has 0 bridgehead atoms. The van der Waals surface area contributed by atoms with E-state index < -0.39 is 5.97 Å². The van der Waals surface area contributed by atoms with Crippen molar-refractivity contribution in [2.45, 2.75) is 13.5 Å². The number of fused-ring (bicyclic) bond motifs is 2. The second-order valence-corrected chi connectivity index (χ2v) is 9.67. The van der Waals surface area contributed by atoms with Gasteiger partial charge in [-0.25, -0.2) is 9.48 Å². The van der Waals surface area contributed by atoms with E-state index in [2.05, 4.69) is 36.8 Å². The number of benzene rings is 4. The zero-order valence-corrected chi connectivity index (χ0v) is 22.5. The van der Waals surface area contributed by atoms with Crippen molar-refractivity contribution in [2.24, 2.45) is 0 Å². The van der Waals surface area contributed by atoms with E-state index >= 15 is 0 Å². The molecule has 0 amide bonds. The largest absolute Gasteiger partial charge is 0.478 e. The van der Waals surface area contributed by atoms with Gasteiger partial charge in [0, 0.05) is 10.9 Å². The topological polar surface area (TPSA) is 137 Å². The number of nitrogens with zero attached hydrogens (tertiary/aromatic N) is 7. The summed E-state index contributed by atoms with van der Waals surface area (Å²) in [6.45, 7) is 2.66. The molecule has 0 spiro atoms. The predicted molar refractivity (Wildman–Crippen MR) is 157 cm³/mol. The molecule has 3 aromatic heterocycles. The van der Waals surface area contributed by atoms with E-state index in [0.717, 1.165) is 38.8 Å². The Balaban J connectivity index is 1.30. The lowest BCUT2D eigenvalue weighted by Gasteiger charge is -2.13. The highest BCUT2D eigenvalue weighted by Crippen LogP contribution is 2.33. The van der Waals surface area contributed by atoms with Crippen molar-refractivity contribution in [3.63, 3.8) is 0 Å². The molecule has 42 heavy (non-hydrogen) atoms. The van der Waals surface area contributed by atoms with Gasteiger partial charge in [0.05, 0.1) is 47.1 Å². The molecule has 0 atom stereocenters. The van der Waals surface area contributed by atoms with Crippen LogP contribution in [0, 0.1) is 0 Å². The molecule has 0 saturated carbocycles. The summed E-state index contributed by atoms with van der Waals surface area (Å²) in [6.07, 6.45) is 1.85. The van der Waals surface area contributed by atoms with Crippen LogP contribution in [-0.4, -0.2) is 57.6 Å². The molecule has 206 valence electrons. The average molecular weight is 557 g/mol. The van der Waals surface area contributed by atoms with Crippen LogP contribution in [0.3, 0.4) is 0 Å². The number of imidazole rings is 1. The predicted octanol–water partition coefficient (Wildman–Crippen LogP) is 5.37. The van der Waals surface area contributed by atoms with Gasteiger partial charge in [-0.2, -0.15) is 15.3 Å². The number of H-pyrrole nitrogens is 1. The molecular formula is C31H24N8O3. The number of carboxylic acids is 1. The molecule has 3 heterocycles. The lowest BCUT2D eigenvalue weighted by Crippen LogP contribution is -2.08.